The minimum absolute atomic E-state index is 0.101. The van der Waals surface area contributed by atoms with Gasteiger partial charge in [0.15, 0.2) is 0 Å². The topological polar surface area (TPSA) is 18.5 Å². The van der Waals surface area contributed by atoms with Crippen LogP contribution in [0.3, 0.4) is 0 Å². The Balaban J connectivity index is 1.44. The summed E-state index contributed by atoms with van der Waals surface area (Å²) in [4.78, 5) is 0. The van der Waals surface area contributed by atoms with Crippen molar-refractivity contribution < 1.29 is 22.6 Å². The van der Waals surface area contributed by atoms with E-state index in [1.54, 1.807) is 18.2 Å². The molecule has 0 unspecified atom stereocenters. The molecule has 0 radical (unpaired) electrons. The van der Waals surface area contributed by atoms with Crippen molar-refractivity contribution in [1.29, 1.82) is 0 Å². The molecule has 0 spiro atoms. The van der Waals surface area contributed by atoms with Gasteiger partial charge in [-0.1, -0.05) is 42.5 Å². The van der Waals surface area contributed by atoms with E-state index in [1.165, 1.54) is 12.1 Å². The highest BCUT2D eigenvalue weighted by molar-refractivity contribution is 5.42. The number of hydrogen-bond donors (Lipinski definition) is 0. The van der Waals surface area contributed by atoms with E-state index in [4.69, 9.17) is 4.74 Å². The predicted octanol–water partition coefficient (Wildman–Crippen LogP) is 7.21. The van der Waals surface area contributed by atoms with Crippen molar-refractivity contribution in [3.05, 3.63) is 102 Å². The van der Waals surface area contributed by atoms with Crippen molar-refractivity contribution in [3.63, 3.8) is 0 Å². The number of benzene rings is 3. The SMILES string of the molecule is FC(=CC1(c2ccc(OC(F)F)cc2)CC1)Cc1cccc(Oc2ccccc2)c1. The van der Waals surface area contributed by atoms with E-state index in [2.05, 4.69) is 4.74 Å². The van der Waals surface area contributed by atoms with Crippen LogP contribution in [0.4, 0.5) is 13.2 Å². The fourth-order valence-corrected chi connectivity index (χ4v) is 3.51. The lowest BCUT2D eigenvalue weighted by atomic mass is 9.94. The number of para-hydroxylation sites is 1. The maximum Gasteiger partial charge on any atom is 0.387 e. The second kappa shape index (κ2) is 8.66. The van der Waals surface area contributed by atoms with Gasteiger partial charge in [0.1, 0.15) is 23.1 Å². The lowest BCUT2D eigenvalue weighted by molar-refractivity contribution is -0.0498. The molecule has 0 atom stereocenters. The van der Waals surface area contributed by atoms with Crippen LogP contribution >= 0.6 is 0 Å². The van der Waals surface area contributed by atoms with Crippen molar-refractivity contribution in [2.24, 2.45) is 0 Å². The summed E-state index contributed by atoms with van der Waals surface area (Å²) >= 11 is 0. The Morgan fingerprint density at radius 1 is 0.867 bits per heavy atom. The van der Waals surface area contributed by atoms with Gasteiger partial charge in [-0.15, -0.1) is 0 Å². The number of rotatable bonds is 8. The van der Waals surface area contributed by atoms with Gasteiger partial charge >= 0.3 is 6.61 Å². The summed E-state index contributed by atoms with van der Waals surface area (Å²) in [5.74, 6) is 1.26. The molecule has 0 N–H and O–H groups in total. The van der Waals surface area contributed by atoms with E-state index in [0.29, 0.717) is 5.75 Å². The van der Waals surface area contributed by atoms with Gasteiger partial charge in [0.05, 0.1) is 0 Å². The normalized spacial score (nSPS) is 15.1. The van der Waals surface area contributed by atoms with Crippen LogP contribution in [0.1, 0.15) is 24.0 Å². The molecule has 1 aliphatic carbocycles. The largest absolute Gasteiger partial charge is 0.457 e. The van der Waals surface area contributed by atoms with Gasteiger partial charge in [-0.05, 0) is 66.4 Å². The number of ether oxygens (including phenoxy) is 2. The average Bonchev–Trinajstić information content (AvgIpc) is 3.49. The van der Waals surface area contributed by atoms with Crippen LogP contribution in [0.15, 0.2) is 90.8 Å². The molecule has 0 aromatic heterocycles. The molecule has 0 amide bonds. The van der Waals surface area contributed by atoms with Gasteiger partial charge in [-0.25, -0.2) is 4.39 Å². The van der Waals surface area contributed by atoms with Gasteiger partial charge in [-0.3, -0.25) is 0 Å². The van der Waals surface area contributed by atoms with E-state index >= 15 is 0 Å². The van der Waals surface area contributed by atoms with Crippen molar-refractivity contribution in [3.8, 4) is 17.2 Å². The molecule has 1 aliphatic rings. The van der Waals surface area contributed by atoms with Crippen molar-refractivity contribution in [2.45, 2.75) is 31.3 Å². The Kier molecular flexibility index (Phi) is 5.79. The highest BCUT2D eigenvalue weighted by atomic mass is 19.3. The van der Waals surface area contributed by atoms with Gasteiger partial charge in [-0.2, -0.15) is 8.78 Å². The molecule has 4 rings (SSSR count). The molecule has 30 heavy (non-hydrogen) atoms. The first-order valence-electron chi connectivity index (χ1n) is 9.77. The van der Waals surface area contributed by atoms with E-state index < -0.39 is 6.61 Å². The molecule has 0 bridgehead atoms. The minimum Gasteiger partial charge on any atom is -0.457 e. The van der Waals surface area contributed by atoms with E-state index in [9.17, 15) is 13.2 Å². The molecule has 1 fully saturated rings. The highest BCUT2D eigenvalue weighted by Crippen LogP contribution is 2.50. The summed E-state index contributed by atoms with van der Waals surface area (Å²) in [6.07, 6.45) is 3.47. The van der Waals surface area contributed by atoms with Crippen LogP contribution in [0.2, 0.25) is 0 Å². The van der Waals surface area contributed by atoms with Crippen molar-refractivity contribution in [1.82, 2.24) is 0 Å². The zero-order valence-electron chi connectivity index (χ0n) is 16.2. The maximum atomic E-state index is 14.8. The summed E-state index contributed by atoms with van der Waals surface area (Å²) in [7, 11) is 0. The molecule has 3 aromatic rings. The first-order chi connectivity index (χ1) is 14.5. The highest BCUT2D eigenvalue weighted by Gasteiger charge is 2.42. The Morgan fingerprint density at radius 2 is 1.57 bits per heavy atom. The maximum absolute atomic E-state index is 14.8. The number of halogens is 3. The molecule has 0 aliphatic heterocycles. The third-order valence-corrected chi connectivity index (χ3v) is 5.13. The second-order valence-corrected chi connectivity index (χ2v) is 7.39. The first kappa shape index (κ1) is 20.1. The Morgan fingerprint density at radius 3 is 2.23 bits per heavy atom. The lowest BCUT2D eigenvalue weighted by Gasteiger charge is -2.13. The van der Waals surface area contributed by atoms with Crippen LogP contribution in [-0.4, -0.2) is 6.61 Å². The Labute approximate surface area is 173 Å². The predicted molar refractivity (Wildman–Crippen MR) is 110 cm³/mol. The van der Waals surface area contributed by atoms with Crippen LogP contribution in [0.25, 0.3) is 0 Å². The fraction of sp³-hybridized carbons (Fsp3) is 0.200. The molecular weight excluding hydrogens is 389 g/mol. The fourth-order valence-electron chi connectivity index (χ4n) is 3.51. The molecule has 1 saturated carbocycles. The molecule has 3 aromatic carbocycles. The quantitative estimate of drug-likeness (QED) is 0.391. The zero-order valence-corrected chi connectivity index (χ0v) is 16.2. The number of hydrogen-bond acceptors (Lipinski definition) is 2. The van der Waals surface area contributed by atoms with E-state index in [0.717, 1.165) is 29.7 Å². The second-order valence-electron chi connectivity index (χ2n) is 7.39. The number of alkyl halides is 2. The average molecular weight is 410 g/mol. The first-order valence-corrected chi connectivity index (χ1v) is 9.77. The molecular formula is C25H21F3O2. The molecule has 0 saturated heterocycles. The van der Waals surface area contributed by atoms with Crippen LogP contribution in [0.5, 0.6) is 17.2 Å². The van der Waals surface area contributed by atoms with Crippen LogP contribution in [-0.2, 0) is 11.8 Å². The summed E-state index contributed by atoms with van der Waals surface area (Å²) in [6.45, 7) is -2.86. The Bertz CT molecular complexity index is 1010. The van der Waals surface area contributed by atoms with Crippen LogP contribution < -0.4 is 9.47 Å². The molecule has 5 heteroatoms. The summed E-state index contributed by atoms with van der Waals surface area (Å²) in [5, 5.41) is 0. The number of allylic oxidation sites excluding steroid dienone is 2. The van der Waals surface area contributed by atoms with Gasteiger partial charge < -0.3 is 9.47 Å². The third-order valence-electron chi connectivity index (χ3n) is 5.13. The monoisotopic (exact) mass is 410 g/mol. The van der Waals surface area contributed by atoms with E-state index in [1.807, 2.05) is 54.6 Å². The standard InChI is InChI=1S/C25H21F3O2/c26-20(15-18-5-4-8-23(16-18)29-21-6-2-1-3-7-21)17-25(13-14-25)19-9-11-22(12-10-19)30-24(27)28/h1-12,16-17,24H,13-15H2. The van der Waals surface area contributed by atoms with Crippen molar-refractivity contribution in [2.75, 3.05) is 0 Å². The van der Waals surface area contributed by atoms with Crippen LogP contribution in [0, 0.1) is 0 Å². The summed E-state index contributed by atoms with van der Waals surface area (Å²) < 4.78 is 49.6. The molecule has 154 valence electrons. The van der Waals surface area contributed by atoms with Gasteiger partial charge in [0.2, 0.25) is 0 Å². The Hall–Kier alpha value is -3.21. The van der Waals surface area contributed by atoms with E-state index in [-0.39, 0.29) is 23.4 Å². The lowest BCUT2D eigenvalue weighted by Crippen LogP contribution is -2.05. The van der Waals surface area contributed by atoms with Crippen molar-refractivity contribution >= 4 is 0 Å². The van der Waals surface area contributed by atoms with Gasteiger partial charge in [0, 0.05) is 11.8 Å². The summed E-state index contributed by atoms with van der Waals surface area (Å²) in [6, 6.07) is 23.2. The minimum atomic E-state index is -2.86. The smallest absolute Gasteiger partial charge is 0.387 e. The molecule has 2 nitrogen and oxygen atoms in total. The summed E-state index contributed by atoms with van der Waals surface area (Å²) in [5.41, 5.74) is 1.35. The van der Waals surface area contributed by atoms with Gasteiger partial charge in [0.25, 0.3) is 0 Å². The third kappa shape index (κ3) is 5.03. The molecule has 0 heterocycles. The zero-order chi connectivity index (χ0) is 21.0.